The van der Waals surface area contributed by atoms with Crippen LogP contribution >= 0.6 is 0 Å². The van der Waals surface area contributed by atoms with Crippen LogP contribution in [0.25, 0.3) is 0 Å². The Labute approximate surface area is 130 Å². The van der Waals surface area contributed by atoms with Crippen molar-refractivity contribution in [1.29, 1.82) is 0 Å². The number of benzene rings is 2. The van der Waals surface area contributed by atoms with Crippen LogP contribution in [0.4, 0.5) is 5.69 Å². The highest BCUT2D eigenvalue weighted by atomic mass is 16.5. The molecule has 0 bridgehead atoms. The molecule has 1 amide bonds. The summed E-state index contributed by atoms with van der Waals surface area (Å²) in [6.07, 6.45) is 0. The molecule has 0 N–H and O–H groups in total. The summed E-state index contributed by atoms with van der Waals surface area (Å²) >= 11 is 0. The minimum Gasteiger partial charge on any atom is -0.497 e. The number of hydrogen-bond acceptors (Lipinski definition) is 3. The van der Waals surface area contributed by atoms with Gasteiger partial charge in [0.15, 0.2) is 0 Å². The van der Waals surface area contributed by atoms with Gasteiger partial charge in [0.05, 0.1) is 26.2 Å². The molecule has 2 aromatic carbocycles. The van der Waals surface area contributed by atoms with E-state index in [1.807, 2.05) is 60.4 Å². The maximum Gasteiger partial charge on any atom is 0.232 e. The fraction of sp³-hybridized carbons (Fsp3) is 0.278. The van der Waals surface area contributed by atoms with Crippen LogP contribution in [0.3, 0.4) is 0 Å². The zero-order valence-corrected chi connectivity index (χ0v) is 12.9. The van der Waals surface area contributed by atoms with Gasteiger partial charge in [-0.25, -0.2) is 0 Å². The first-order valence-corrected chi connectivity index (χ1v) is 7.27. The SMILES string of the molecule is COc1ccc([C@@H]2[C@H](C)C(=O)N2c2ccc(OC)cc2)cc1. The summed E-state index contributed by atoms with van der Waals surface area (Å²) in [5.74, 6) is 1.73. The van der Waals surface area contributed by atoms with Crippen LogP contribution in [-0.2, 0) is 4.79 Å². The third kappa shape index (κ3) is 2.30. The molecule has 1 fully saturated rings. The quantitative estimate of drug-likeness (QED) is 0.812. The summed E-state index contributed by atoms with van der Waals surface area (Å²) in [6, 6.07) is 15.5. The first-order chi connectivity index (χ1) is 10.7. The molecule has 114 valence electrons. The van der Waals surface area contributed by atoms with Gasteiger partial charge in [-0.2, -0.15) is 0 Å². The van der Waals surface area contributed by atoms with Crippen molar-refractivity contribution in [3.8, 4) is 11.5 Å². The summed E-state index contributed by atoms with van der Waals surface area (Å²) in [5.41, 5.74) is 2.01. The van der Waals surface area contributed by atoms with Crippen LogP contribution in [0.5, 0.6) is 11.5 Å². The van der Waals surface area contributed by atoms with Crippen LogP contribution in [0, 0.1) is 5.92 Å². The Morgan fingerprint density at radius 1 is 0.864 bits per heavy atom. The third-order valence-corrected chi connectivity index (χ3v) is 4.19. The average molecular weight is 297 g/mol. The number of β-lactam (4-membered cyclic amide) rings is 1. The van der Waals surface area contributed by atoms with Gasteiger partial charge in [-0.1, -0.05) is 19.1 Å². The van der Waals surface area contributed by atoms with Gasteiger partial charge in [0.2, 0.25) is 5.91 Å². The molecule has 3 rings (SSSR count). The van der Waals surface area contributed by atoms with Gasteiger partial charge in [0.1, 0.15) is 11.5 Å². The number of methoxy groups -OCH3 is 2. The van der Waals surface area contributed by atoms with E-state index in [0.29, 0.717) is 0 Å². The lowest BCUT2D eigenvalue weighted by molar-refractivity contribution is -0.129. The number of ether oxygens (including phenoxy) is 2. The average Bonchev–Trinajstić information content (AvgIpc) is 2.59. The molecule has 0 aliphatic carbocycles. The first-order valence-electron chi connectivity index (χ1n) is 7.27. The summed E-state index contributed by atoms with van der Waals surface area (Å²) in [4.78, 5) is 14.1. The number of rotatable bonds is 4. The predicted molar refractivity (Wildman–Crippen MR) is 85.4 cm³/mol. The number of hydrogen-bond donors (Lipinski definition) is 0. The van der Waals surface area contributed by atoms with Crippen molar-refractivity contribution in [2.24, 2.45) is 5.92 Å². The third-order valence-electron chi connectivity index (χ3n) is 4.19. The van der Waals surface area contributed by atoms with E-state index in [4.69, 9.17) is 9.47 Å². The monoisotopic (exact) mass is 297 g/mol. The largest absolute Gasteiger partial charge is 0.497 e. The van der Waals surface area contributed by atoms with Crippen molar-refractivity contribution < 1.29 is 14.3 Å². The predicted octanol–water partition coefficient (Wildman–Crippen LogP) is 3.43. The van der Waals surface area contributed by atoms with Crippen LogP contribution < -0.4 is 14.4 Å². The second-order valence-electron chi connectivity index (χ2n) is 5.41. The van der Waals surface area contributed by atoms with Gasteiger partial charge in [-0.05, 0) is 42.0 Å². The molecule has 1 heterocycles. The molecule has 4 nitrogen and oxygen atoms in total. The van der Waals surface area contributed by atoms with Crippen molar-refractivity contribution >= 4 is 11.6 Å². The van der Waals surface area contributed by atoms with E-state index in [0.717, 1.165) is 22.7 Å². The molecule has 0 saturated carbocycles. The van der Waals surface area contributed by atoms with Crippen molar-refractivity contribution in [3.63, 3.8) is 0 Å². The van der Waals surface area contributed by atoms with Crippen molar-refractivity contribution in [2.75, 3.05) is 19.1 Å². The Hall–Kier alpha value is -2.49. The topological polar surface area (TPSA) is 38.8 Å². The summed E-state index contributed by atoms with van der Waals surface area (Å²) < 4.78 is 10.4. The molecular formula is C18H19NO3. The fourth-order valence-corrected chi connectivity index (χ4v) is 2.90. The lowest BCUT2D eigenvalue weighted by Gasteiger charge is -2.46. The van der Waals surface area contributed by atoms with Gasteiger partial charge in [-0.3, -0.25) is 4.79 Å². The number of anilines is 1. The van der Waals surface area contributed by atoms with E-state index < -0.39 is 0 Å². The second-order valence-corrected chi connectivity index (χ2v) is 5.41. The van der Waals surface area contributed by atoms with Gasteiger partial charge >= 0.3 is 0 Å². The Bertz CT molecular complexity index is 664. The van der Waals surface area contributed by atoms with Crippen molar-refractivity contribution in [1.82, 2.24) is 0 Å². The normalized spacial score (nSPS) is 20.5. The lowest BCUT2D eigenvalue weighted by atomic mass is 9.83. The molecule has 22 heavy (non-hydrogen) atoms. The molecule has 0 radical (unpaired) electrons. The standard InChI is InChI=1S/C18H19NO3/c1-12-17(13-4-8-15(21-2)9-5-13)19(18(12)20)14-6-10-16(22-3)11-7-14/h4-12,17H,1-3H3/t12-,17-/m0/s1. The maximum absolute atomic E-state index is 12.3. The molecule has 0 unspecified atom stereocenters. The van der Waals surface area contributed by atoms with Crippen LogP contribution in [0.1, 0.15) is 18.5 Å². The van der Waals surface area contributed by atoms with Gasteiger partial charge in [0, 0.05) is 5.69 Å². The number of amides is 1. The number of nitrogens with zero attached hydrogens (tertiary/aromatic N) is 1. The number of carbonyl (C=O) groups is 1. The zero-order chi connectivity index (χ0) is 15.7. The number of carbonyl (C=O) groups excluding carboxylic acids is 1. The summed E-state index contributed by atoms with van der Waals surface area (Å²) in [5, 5.41) is 0. The highest BCUT2D eigenvalue weighted by molar-refractivity contribution is 6.03. The van der Waals surface area contributed by atoms with Gasteiger partial charge in [0.25, 0.3) is 0 Å². The molecule has 2 aromatic rings. The minimum atomic E-state index is -0.0181. The van der Waals surface area contributed by atoms with Crippen molar-refractivity contribution in [2.45, 2.75) is 13.0 Å². The van der Waals surface area contributed by atoms with E-state index in [-0.39, 0.29) is 17.9 Å². The molecule has 0 spiro atoms. The van der Waals surface area contributed by atoms with E-state index in [2.05, 4.69) is 0 Å². The highest BCUT2D eigenvalue weighted by Crippen LogP contribution is 2.43. The summed E-state index contributed by atoms with van der Waals surface area (Å²) in [7, 11) is 3.28. The molecule has 1 saturated heterocycles. The Kier molecular flexibility index (Phi) is 3.75. The first kappa shape index (κ1) is 14.4. The second kappa shape index (κ2) is 5.72. The minimum absolute atomic E-state index is 0.0181. The van der Waals surface area contributed by atoms with Crippen LogP contribution in [0.2, 0.25) is 0 Å². The van der Waals surface area contributed by atoms with Gasteiger partial charge in [-0.15, -0.1) is 0 Å². The molecule has 0 aromatic heterocycles. The van der Waals surface area contributed by atoms with Crippen LogP contribution in [-0.4, -0.2) is 20.1 Å². The molecule has 1 aliphatic rings. The van der Waals surface area contributed by atoms with Crippen LogP contribution in [0.15, 0.2) is 48.5 Å². The van der Waals surface area contributed by atoms with E-state index in [1.54, 1.807) is 14.2 Å². The lowest BCUT2D eigenvalue weighted by Crippen LogP contribution is -2.54. The Balaban J connectivity index is 1.89. The molecule has 4 heteroatoms. The van der Waals surface area contributed by atoms with E-state index >= 15 is 0 Å². The molecule has 2 atom stereocenters. The zero-order valence-electron chi connectivity index (χ0n) is 12.9. The van der Waals surface area contributed by atoms with E-state index in [9.17, 15) is 4.79 Å². The maximum atomic E-state index is 12.3. The summed E-state index contributed by atoms with van der Waals surface area (Å²) in [6.45, 7) is 1.97. The van der Waals surface area contributed by atoms with Gasteiger partial charge < -0.3 is 14.4 Å². The van der Waals surface area contributed by atoms with E-state index in [1.165, 1.54) is 0 Å². The Morgan fingerprint density at radius 3 is 1.86 bits per heavy atom. The smallest absolute Gasteiger partial charge is 0.232 e. The Morgan fingerprint density at radius 2 is 1.36 bits per heavy atom. The molecular weight excluding hydrogens is 278 g/mol. The fourth-order valence-electron chi connectivity index (χ4n) is 2.90. The van der Waals surface area contributed by atoms with Crippen molar-refractivity contribution in [3.05, 3.63) is 54.1 Å². The molecule has 1 aliphatic heterocycles. The highest BCUT2D eigenvalue weighted by Gasteiger charge is 2.45.